The molecule has 0 saturated carbocycles. The van der Waals surface area contributed by atoms with Crippen molar-refractivity contribution in [3.63, 3.8) is 0 Å². The second kappa shape index (κ2) is 5.76. The molecule has 0 spiro atoms. The number of nitrogens with one attached hydrogen (secondary N) is 1. The van der Waals surface area contributed by atoms with Gasteiger partial charge in [-0.3, -0.25) is 0 Å². The van der Waals surface area contributed by atoms with Gasteiger partial charge in [0.05, 0.1) is 12.1 Å². The highest BCUT2D eigenvalue weighted by Crippen LogP contribution is 2.37. The minimum atomic E-state index is -0.553. The standard InChI is InChI=1S/C13H17ClFNO2/c1-18-11-7-10(14)12(15)9(13(11)17)6-8-4-2-3-5-16-8/h7-8,16-17H,2-6H2,1H3. The van der Waals surface area contributed by atoms with E-state index in [1.807, 2.05) is 0 Å². The first kappa shape index (κ1) is 13.4. The van der Waals surface area contributed by atoms with Gasteiger partial charge in [0.1, 0.15) is 5.82 Å². The summed E-state index contributed by atoms with van der Waals surface area (Å²) in [6.07, 6.45) is 3.67. The lowest BCUT2D eigenvalue weighted by Gasteiger charge is -2.24. The van der Waals surface area contributed by atoms with Crippen LogP contribution in [0.5, 0.6) is 11.5 Å². The number of phenols is 1. The molecule has 1 fully saturated rings. The van der Waals surface area contributed by atoms with Crippen LogP contribution in [0.3, 0.4) is 0 Å². The number of halogens is 2. The van der Waals surface area contributed by atoms with Gasteiger partial charge in [0.2, 0.25) is 0 Å². The minimum Gasteiger partial charge on any atom is -0.504 e. The Morgan fingerprint density at radius 3 is 2.94 bits per heavy atom. The summed E-state index contributed by atoms with van der Waals surface area (Å²) >= 11 is 5.80. The molecule has 1 aromatic rings. The highest BCUT2D eigenvalue weighted by molar-refractivity contribution is 6.31. The molecule has 0 aliphatic carbocycles. The molecule has 0 bridgehead atoms. The van der Waals surface area contributed by atoms with Gasteiger partial charge in [-0.25, -0.2) is 4.39 Å². The van der Waals surface area contributed by atoms with E-state index in [0.717, 1.165) is 25.8 Å². The highest BCUT2D eigenvalue weighted by atomic mass is 35.5. The van der Waals surface area contributed by atoms with Crippen molar-refractivity contribution in [2.24, 2.45) is 0 Å². The molecule has 5 heteroatoms. The third-order valence-corrected chi connectivity index (χ3v) is 3.61. The molecular formula is C13H17ClFNO2. The summed E-state index contributed by atoms with van der Waals surface area (Å²) in [7, 11) is 1.42. The molecule has 2 N–H and O–H groups in total. The van der Waals surface area contributed by atoms with E-state index in [-0.39, 0.29) is 28.1 Å². The molecule has 100 valence electrons. The van der Waals surface area contributed by atoms with E-state index in [1.54, 1.807) is 0 Å². The predicted molar refractivity (Wildman–Crippen MR) is 69.0 cm³/mol. The Kier molecular flexibility index (Phi) is 4.30. The predicted octanol–water partition coefficient (Wildman–Crippen LogP) is 2.88. The van der Waals surface area contributed by atoms with E-state index >= 15 is 0 Å². The first-order valence-corrected chi connectivity index (χ1v) is 6.48. The van der Waals surface area contributed by atoms with E-state index in [4.69, 9.17) is 16.3 Å². The number of ether oxygens (including phenoxy) is 1. The Morgan fingerprint density at radius 2 is 2.33 bits per heavy atom. The van der Waals surface area contributed by atoms with E-state index in [9.17, 15) is 9.50 Å². The maximum Gasteiger partial charge on any atom is 0.164 e. The average Bonchev–Trinajstić information content (AvgIpc) is 2.40. The molecule has 18 heavy (non-hydrogen) atoms. The first-order chi connectivity index (χ1) is 8.63. The molecule has 1 aliphatic heterocycles. The quantitative estimate of drug-likeness (QED) is 0.890. The van der Waals surface area contributed by atoms with E-state index in [0.29, 0.717) is 6.42 Å². The topological polar surface area (TPSA) is 41.5 Å². The van der Waals surface area contributed by atoms with Crippen LogP contribution < -0.4 is 10.1 Å². The van der Waals surface area contributed by atoms with E-state index in [1.165, 1.54) is 13.2 Å². The van der Waals surface area contributed by atoms with Crippen molar-refractivity contribution >= 4 is 11.6 Å². The van der Waals surface area contributed by atoms with E-state index < -0.39 is 5.82 Å². The number of phenolic OH excluding ortho intramolecular Hbond substituents is 1. The SMILES string of the molecule is COc1cc(Cl)c(F)c(CC2CCCCN2)c1O. The van der Waals surface area contributed by atoms with Crippen molar-refractivity contribution in [3.05, 3.63) is 22.5 Å². The van der Waals surface area contributed by atoms with Gasteiger partial charge in [-0.15, -0.1) is 0 Å². The smallest absolute Gasteiger partial charge is 0.164 e. The summed E-state index contributed by atoms with van der Waals surface area (Å²) in [5.41, 5.74) is 0.235. The summed E-state index contributed by atoms with van der Waals surface area (Å²) in [6.45, 7) is 0.935. The third-order valence-electron chi connectivity index (χ3n) is 3.33. The monoisotopic (exact) mass is 273 g/mol. The number of methoxy groups -OCH3 is 1. The lowest BCUT2D eigenvalue weighted by molar-refractivity contribution is 0.356. The van der Waals surface area contributed by atoms with E-state index in [2.05, 4.69) is 5.32 Å². The second-order valence-corrected chi connectivity index (χ2v) is 4.96. The van der Waals surface area contributed by atoms with Gasteiger partial charge in [0.25, 0.3) is 0 Å². The number of rotatable bonds is 3. The van der Waals surface area contributed by atoms with Crippen LogP contribution >= 0.6 is 11.6 Å². The third kappa shape index (κ3) is 2.70. The molecule has 0 amide bonds. The Balaban J connectivity index is 2.27. The fourth-order valence-corrected chi connectivity index (χ4v) is 2.54. The Hall–Kier alpha value is -1.00. The van der Waals surface area contributed by atoms with Gasteiger partial charge >= 0.3 is 0 Å². The minimum absolute atomic E-state index is 0.0181. The van der Waals surface area contributed by atoms with Crippen LogP contribution in [0, 0.1) is 5.82 Å². The van der Waals surface area contributed by atoms with Gasteiger partial charge in [-0.2, -0.15) is 0 Å². The van der Waals surface area contributed by atoms with Crippen LogP contribution in [-0.2, 0) is 6.42 Å². The highest BCUT2D eigenvalue weighted by Gasteiger charge is 2.22. The molecule has 1 aromatic carbocycles. The molecule has 1 atom stereocenters. The molecule has 1 heterocycles. The number of benzene rings is 1. The maximum absolute atomic E-state index is 14.0. The summed E-state index contributed by atoms with van der Waals surface area (Å²) in [4.78, 5) is 0. The van der Waals surface area contributed by atoms with Crippen LogP contribution in [-0.4, -0.2) is 24.8 Å². The molecular weight excluding hydrogens is 257 g/mol. The van der Waals surface area contributed by atoms with Gasteiger partial charge < -0.3 is 15.2 Å². The van der Waals surface area contributed by atoms with Crippen LogP contribution in [0.4, 0.5) is 4.39 Å². The lowest BCUT2D eigenvalue weighted by atomic mass is 9.96. The molecule has 0 aromatic heterocycles. The number of hydrogen-bond donors (Lipinski definition) is 2. The maximum atomic E-state index is 14.0. The zero-order valence-corrected chi connectivity index (χ0v) is 11.1. The van der Waals surface area contributed by atoms with Crippen molar-refractivity contribution in [3.8, 4) is 11.5 Å². The zero-order valence-electron chi connectivity index (χ0n) is 10.3. The number of piperidine rings is 1. The molecule has 1 aliphatic rings. The van der Waals surface area contributed by atoms with Crippen LogP contribution in [0.15, 0.2) is 6.07 Å². The Morgan fingerprint density at radius 1 is 1.56 bits per heavy atom. The van der Waals surface area contributed by atoms with Gasteiger partial charge in [-0.05, 0) is 25.8 Å². The molecule has 1 saturated heterocycles. The van der Waals surface area contributed by atoms with Crippen molar-refractivity contribution in [1.82, 2.24) is 5.32 Å². The van der Waals surface area contributed by atoms with Crippen LogP contribution in [0.1, 0.15) is 24.8 Å². The summed E-state index contributed by atoms with van der Waals surface area (Å²) in [5, 5.41) is 13.3. The average molecular weight is 274 g/mol. The van der Waals surface area contributed by atoms with Crippen LogP contribution in [0.2, 0.25) is 5.02 Å². The second-order valence-electron chi connectivity index (χ2n) is 4.55. The number of hydrogen-bond acceptors (Lipinski definition) is 3. The molecule has 3 nitrogen and oxygen atoms in total. The van der Waals surface area contributed by atoms with Crippen molar-refractivity contribution < 1.29 is 14.2 Å². The summed E-state index contributed by atoms with van der Waals surface area (Å²) < 4.78 is 18.9. The van der Waals surface area contributed by atoms with Crippen molar-refractivity contribution in [2.75, 3.05) is 13.7 Å². The molecule has 0 radical (unpaired) electrons. The number of aromatic hydroxyl groups is 1. The summed E-state index contributed by atoms with van der Waals surface area (Å²) in [6, 6.07) is 1.48. The van der Waals surface area contributed by atoms with Gasteiger partial charge in [0, 0.05) is 17.7 Å². The first-order valence-electron chi connectivity index (χ1n) is 6.10. The van der Waals surface area contributed by atoms with Gasteiger partial charge in [-0.1, -0.05) is 18.0 Å². The zero-order chi connectivity index (χ0) is 13.1. The Bertz CT molecular complexity index is 433. The largest absolute Gasteiger partial charge is 0.504 e. The Labute approximate surface area is 111 Å². The van der Waals surface area contributed by atoms with Crippen molar-refractivity contribution in [2.45, 2.75) is 31.7 Å². The fourth-order valence-electron chi connectivity index (χ4n) is 2.33. The normalized spacial score (nSPS) is 19.8. The lowest BCUT2D eigenvalue weighted by Crippen LogP contribution is -2.35. The van der Waals surface area contributed by atoms with Gasteiger partial charge in [0.15, 0.2) is 11.5 Å². The summed E-state index contributed by atoms with van der Waals surface area (Å²) in [5.74, 6) is -0.485. The van der Waals surface area contributed by atoms with Crippen LogP contribution in [0.25, 0.3) is 0 Å². The molecule has 2 rings (SSSR count). The molecule has 1 unspecified atom stereocenters. The fraction of sp³-hybridized carbons (Fsp3) is 0.538. The van der Waals surface area contributed by atoms with Crippen molar-refractivity contribution in [1.29, 1.82) is 0 Å².